The summed E-state index contributed by atoms with van der Waals surface area (Å²) in [7, 11) is 0. The molecule has 0 saturated carbocycles. The second-order valence-electron chi connectivity index (χ2n) is 3.15. The Morgan fingerprint density at radius 3 is 2.81 bits per heavy atom. The highest BCUT2D eigenvalue weighted by molar-refractivity contribution is 9.10. The van der Waals surface area contributed by atoms with Gasteiger partial charge >= 0.3 is 0 Å². The number of nitrogens with two attached hydrogens (primary N) is 1. The molecule has 2 aromatic heterocycles. The summed E-state index contributed by atoms with van der Waals surface area (Å²) in [6.45, 7) is 1.29. The van der Waals surface area contributed by atoms with Crippen LogP contribution < -0.4 is 11.1 Å². The lowest BCUT2D eigenvalue weighted by Crippen LogP contribution is -2.14. The summed E-state index contributed by atoms with van der Waals surface area (Å²) < 4.78 is 1.07. The van der Waals surface area contributed by atoms with E-state index < -0.39 is 0 Å². The van der Waals surface area contributed by atoms with Gasteiger partial charge in [-0.25, -0.2) is 0 Å². The van der Waals surface area contributed by atoms with Crippen LogP contribution in [0.1, 0.15) is 0 Å². The molecule has 0 fully saturated rings. The maximum atomic E-state index is 5.39. The van der Waals surface area contributed by atoms with E-state index in [1.54, 1.807) is 11.3 Å². The maximum Gasteiger partial charge on any atom is 0.148 e. The molecule has 0 spiro atoms. The van der Waals surface area contributed by atoms with E-state index in [4.69, 9.17) is 5.73 Å². The molecule has 4 nitrogen and oxygen atoms in total. The van der Waals surface area contributed by atoms with Crippen molar-refractivity contribution < 1.29 is 0 Å². The van der Waals surface area contributed by atoms with E-state index in [1.807, 2.05) is 23.6 Å². The molecule has 2 rings (SSSR count). The normalized spacial score (nSPS) is 10.4. The van der Waals surface area contributed by atoms with E-state index in [0.29, 0.717) is 13.1 Å². The first-order chi connectivity index (χ1) is 7.79. The van der Waals surface area contributed by atoms with E-state index in [2.05, 4.69) is 31.4 Å². The van der Waals surface area contributed by atoms with Crippen LogP contribution in [0.4, 0.5) is 5.82 Å². The highest BCUT2D eigenvalue weighted by atomic mass is 79.9. The summed E-state index contributed by atoms with van der Waals surface area (Å²) in [6, 6.07) is 5.89. The highest BCUT2D eigenvalue weighted by Crippen LogP contribution is 2.28. The summed E-state index contributed by atoms with van der Waals surface area (Å²) in [4.78, 5) is 1.10. The molecule has 84 valence electrons. The highest BCUT2D eigenvalue weighted by Gasteiger charge is 2.03. The first-order valence-electron chi connectivity index (χ1n) is 4.81. The molecular formula is C10H11BrN4S. The van der Waals surface area contributed by atoms with Crippen molar-refractivity contribution in [3.63, 3.8) is 0 Å². The third-order valence-corrected chi connectivity index (χ3v) is 3.65. The van der Waals surface area contributed by atoms with E-state index in [-0.39, 0.29) is 0 Å². The Morgan fingerprint density at radius 1 is 1.38 bits per heavy atom. The predicted octanol–water partition coefficient (Wildman–Crippen LogP) is 2.34. The molecule has 16 heavy (non-hydrogen) atoms. The number of halogens is 1. The second-order valence-corrected chi connectivity index (χ2v) is 4.98. The zero-order valence-corrected chi connectivity index (χ0v) is 10.9. The quantitative estimate of drug-likeness (QED) is 0.909. The molecular weight excluding hydrogens is 288 g/mol. The molecule has 0 bridgehead atoms. The summed E-state index contributed by atoms with van der Waals surface area (Å²) in [5.74, 6) is 0.754. The third-order valence-electron chi connectivity index (χ3n) is 1.93. The molecule has 2 aromatic rings. The van der Waals surface area contributed by atoms with Crippen LogP contribution in [-0.4, -0.2) is 23.3 Å². The zero-order valence-electron chi connectivity index (χ0n) is 8.48. The number of anilines is 1. The van der Waals surface area contributed by atoms with E-state index in [9.17, 15) is 0 Å². The van der Waals surface area contributed by atoms with Crippen LogP contribution >= 0.6 is 27.3 Å². The van der Waals surface area contributed by atoms with Crippen molar-refractivity contribution in [2.24, 2.45) is 5.73 Å². The molecule has 0 aromatic carbocycles. The summed E-state index contributed by atoms with van der Waals surface area (Å²) in [5.41, 5.74) is 6.27. The van der Waals surface area contributed by atoms with Gasteiger partial charge in [0.2, 0.25) is 0 Å². The minimum absolute atomic E-state index is 0.585. The van der Waals surface area contributed by atoms with Crippen molar-refractivity contribution in [2.75, 3.05) is 18.4 Å². The van der Waals surface area contributed by atoms with Crippen molar-refractivity contribution in [1.82, 2.24) is 10.2 Å². The van der Waals surface area contributed by atoms with E-state index in [0.717, 1.165) is 20.9 Å². The SMILES string of the molecule is NCCNc1ccc(-c2cc(Br)cs2)nn1. The standard InChI is InChI=1S/C10H11BrN4S/c11-7-5-9(16-6-7)8-1-2-10(15-14-8)13-4-3-12/h1-2,5-6H,3-4,12H2,(H,13,15). The lowest BCUT2D eigenvalue weighted by molar-refractivity contribution is 0.975. The second kappa shape index (κ2) is 5.38. The first-order valence-corrected chi connectivity index (χ1v) is 6.49. The number of rotatable bonds is 4. The Morgan fingerprint density at radius 2 is 2.25 bits per heavy atom. The van der Waals surface area contributed by atoms with Crippen molar-refractivity contribution in [3.05, 3.63) is 28.1 Å². The fourth-order valence-corrected chi connectivity index (χ4v) is 2.60. The molecule has 0 amide bonds. The lowest BCUT2D eigenvalue weighted by Gasteiger charge is -2.02. The van der Waals surface area contributed by atoms with Crippen LogP contribution in [0, 0.1) is 0 Å². The molecule has 0 radical (unpaired) electrons. The van der Waals surface area contributed by atoms with Gasteiger partial charge in [0, 0.05) is 22.9 Å². The minimum Gasteiger partial charge on any atom is -0.367 e. The molecule has 0 unspecified atom stereocenters. The van der Waals surface area contributed by atoms with Crippen LogP contribution in [0.2, 0.25) is 0 Å². The number of hydrogen-bond donors (Lipinski definition) is 2. The van der Waals surface area contributed by atoms with Crippen LogP contribution in [0.5, 0.6) is 0 Å². The summed E-state index contributed by atoms with van der Waals surface area (Å²) >= 11 is 5.05. The van der Waals surface area contributed by atoms with Gasteiger partial charge in [-0.1, -0.05) is 0 Å². The Hall–Kier alpha value is -0.980. The Kier molecular flexibility index (Phi) is 3.87. The van der Waals surface area contributed by atoms with Crippen molar-refractivity contribution >= 4 is 33.1 Å². The minimum atomic E-state index is 0.585. The predicted molar refractivity (Wildman–Crippen MR) is 70.6 cm³/mol. The van der Waals surface area contributed by atoms with Gasteiger partial charge in [-0.2, -0.15) is 0 Å². The summed E-state index contributed by atoms with van der Waals surface area (Å²) in [5, 5.41) is 13.3. The Balaban J connectivity index is 2.13. The monoisotopic (exact) mass is 298 g/mol. The number of nitrogens with one attached hydrogen (secondary N) is 1. The van der Waals surface area contributed by atoms with Crippen LogP contribution in [0.25, 0.3) is 10.6 Å². The Labute approximate surface area is 106 Å². The third kappa shape index (κ3) is 2.78. The number of thiophene rings is 1. The van der Waals surface area contributed by atoms with Crippen molar-refractivity contribution in [2.45, 2.75) is 0 Å². The van der Waals surface area contributed by atoms with Gasteiger partial charge in [0.25, 0.3) is 0 Å². The molecule has 0 aliphatic heterocycles. The zero-order chi connectivity index (χ0) is 11.4. The topological polar surface area (TPSA) is 63.8 Å². The number of aromatic nitrogens is 2. The Bertz CT molecular complexity index is 454. The molecule has 0 aliphatic rings. The first kappa shape index (κ1) is 11.5. The van der Waals surface area contributed by atoms with Gasteiger partial charge < -0.3 is 11.1 Å². The largest absolute Gasteiger partial charge is 0.367 e. The fourth-order valence-electron chi connectivity index (χ4n) is 1.21. The molecule has 3 N–H and O–H groups in total. The van der Waals surface area contributed by atoms with Gasteiger partial charge in [0.05, 0.1) is 4.88 Å². The molecule has 0 saturated heterocycles. The van der Waals surface area contributed by atoms with Gasteiger partial charge in [0.15, 0.2) is 0 Å². The van der Waals surface area contributed by atoms with Crippen molar-refractivity contribution in [1.29, 1.82) is 0 Å². The lowest BCUT2D eigenvalue weighted by atomic mass is 10.3. The fraction of sp³-hybridized carbons (Fsp3) is 0.200. The van der Waals surface area contributed by atoms with E-state index >= 15 is 0 Å². The van der Waals surface area contributed by atoms with Crippen molar-refractivity contribution in [3.8, 4) is 10.6 Å². The van der Waals surface area contributed by atoms with Gasteiger partial charge in [0.1, 0.15) is 11.5 Å². The number of hydrogen-bond acceptors (Lipinski definition) is 5. The van der Waals surface area contributed by atoms with Crippen LogP contribution in [0.3, 0.4) is 0 Å². The summed E-state index contributed by atoms with van der Waals surface area (Å²) in [6.07, 6.45) is 0. The molecule has 0 aliphatic carbocycles. The molecule has 2 heterocycles. The maximum absolute atomic E-state index is 5.39. The average molecular weight is 299 g/mol. The van der Waals surface area contributed by atoms with Crippen LogP contribution in [0.15, 0.2) is 28.1 Å². The molecule has 6 heteroatoms. The smallest absolute Gasteiger partial charge is 0.148 e. The average Bonchev–Trinajstić information content (AvgIpc) is 2.74. The van der Waals surface area contributed by atoms with Gasteiger partial charge in [-0.3, -0.25) is 0 Å². The molecule has 0 atom stereocenters. The van der Waals surface area contributed by atoms with Crippen LogP contribution in [-0.2, 0) is 0 Å². The number of nitrogens with zero attached hydrogens (tertiary/aromatic N) is 2. The van der Waals surface area contributed by atoms with E-state index in [1.165, 1.54) is 0 Å². The van der Waals surface area contributed by atoms with Gasteiger partial charge in [-0.15, -0.1) is 21.5 Å². The van der Waals surface area contributed by atoms with Gasteiger partial charge in [-0.05, 0) is 34.1 Å².